The summed E-state index contributed by atoms with van der Waals surface area (Å²) in [5, 5.41) is 3.19. The molecule has 0 saturated carbocycles. The van der Waals surface area contributed by atoms with Crippen molar-refractivity contribution in [1.82, 2.24) is 10.2 Å². The SMILES string of the molecule is CNCCCCCCN(C)C1CCOC1. The lowest BCUT2D eigenvalue weighted by Crippen LogP contribution is -2.32. The first-order chi connectivity index (χ1) is 7.34. The molecule has 0 spiro atoms. The molecule has 1 atom stereocenters. The van der Waals surface area contributed by atoms with E-state index in [9.17, 15) is 0 Å². The van der Waals surface area contributed by atoms with E-state index in [0.29, 0.717) is 6.04 Å². The lowest BCUT2D eigenvalue weighted by atomic mass is 10.1. The monoisotopic (exact) mass is 214 g/mol. The van der Waals surface area contributed by atoms with Crippen LogP contribution >= 0.6 is 0 Å². The van der Waals surface area contributed by atoms with Crippen molar-refractivity contribution in [3.05, 3.63) is 0 Å². The van der Waals surface area contributed by atoms with Crippen molar-refractivity contribution in [3.8, 4) is 0 Å². The maximum Gasteiger partial charge on any atom is 0.0622 e. The minimum absolute atomic E-state index is 0.683. The molecule has 0 amide bonds. The first kappa shape index (κ1) is 12.9. The summed E-state index contributed by atoms with van der Waals surface area (Å²) in [6, 6.07) is 0.683. The maximum absolute atomic E-state index is 5.39. The summed E-state index contributed by atoms with van der Waals surface area (Å²) in [6.45, 7) is 4.29. The number of unbranched alkanes of at least 4 members (excludes halogenated alkanes) is 3. The zero-order chi connectivity index (χ0) is 10.9. The highest BCUT2D eigenvalue weighted by Gasteiger charge is 2.19. The van der Waals surface area contributed by atoms with Crippen LogP contribution in [0, 0.1) is 0 Å². The molecule has 1 rings (SSSR count). The molecule has 1 aliphatic rings. The van der Waals surface area contributed by atoms with Gasteiger partial charge in [0.25, 0.3) is 0 Å². The van der Waals surface area contributed by atoms with Crippen molar-refractivity contribution in [3.63, 3.8) is 0 Å². The summed E-state index contributed by atoms with van der Waals surface area (Å²) >= 11 is 0. The van der Waals surface area contributed by atoms with Crippen LogP contribution in [0.2, 0.25) is 0 Å². The number of nitrogens with zero attached hydrogens (tertiary/aromatic N) is 1. The third-order valence-electron chi connectivity index (χ3n) is 3.22. The Morgan fingerprint density at radius 3 is 2.73 bits per heavy atom. The number of hydrogen-bond acceptors (Lipinski definition) is 3. The average molecular weight is 214 g/mol. The molecule has 1 unspecified atom stereocenters. The standard InChI is InChI=1S/C12H26N2O/c1-13-8-5-3-4-6-9-14(2)12-7-10-15-11-12/h12-13H,3-11H2,1-2H3. The molecule has 0 aromatic rings. The molecule has 0 bridgehead atoms. The molecule has 90 valence electrons. The molecule has 1 fully saturated rings. The molecule has 0 aromatic heterocycles. The molecular formula is C12H26N2O. The van der Waals surface area contributed by atoms with Gasteiger partial charge in [-0.25, -0.2) is 0 Å². The van der Waals surface area contributed by atoms with Gasteiger partial charge in [0.15, 0.2) is 0 Å². The zero-order valence-corrected chi connectivity index (χ0v) is 10.3. The normalized spacial score (nSPS) is 21.4. The molecular weight excluding hydrogens is 188 g/mol. The molecule has 1 N–H and O–H groups in total. The van der Waals surface area contributed by atoms with E-state index in [1.54, 1.807) is 0 Å². The smallest absolute Gasteiger partial charge is 0.0622 e. The minimum Gasteiger partial charge on any atom is -0.380 e. The van der Waals surface area contributed by atoms with Crippen LogP contribution < -0.4 is 5.32 Å². The van der Waals surface area contributed by atoms with Crippen molar-refractivity contribution in [2.45, 2.75) is 38.1 Å². The average Bonchev–Trinajstić information content (AvgIpc) is 2.76. The minimum atomic E-state index is 0.683. The Kier molecular flexibility index (Phi) is 6.98. The predicted molar refractivity (Wildman–Crippen MR) is 64.2 cm³/mol. The van der Waals surface area contributed by atoms with Crippen molar-refractivity contribution >= 4 is 0 Å². The van der Waals surface area contributed by atoms with Crippen LogP contribution in [-0.4, -0.2) is 51.3 Å². The zero-order valence-electron chi connectivity index (χ0n) is 10.3. The fourth-order valence-corrected chi connectivity index (χ4v) is 2.07. The van der Waals surface area contributed by atoms with Crippen LogP contribution in [0.3, 0.4) is 0 Å². The second kappa shape index (κ2) is 8.08. The molecule has 15 heavy (non-hydrogen) atoms. The largest absolute Gasteiger partial charge is 0.380 e. The van der Waals surface area contributed by atoms with E-state index in [-0.39, 0.29) is 0 Å². The third-order valence-corrected chi connectivity index (χ3v) is 3.22. The summed E-state index contributed by atoms with van der Waals surface area (Å²) in [5.74, 6) is 0. The lowest BCUT2D eigenvalue weighted by Gasteiger charge is -2.22. The molecule has 0 aliphatic carbocycles. The number of likely N-dealkylation sites (N-methyl/N-ethyl adjacent to an activating group) is 1. The fourth-order valence-electron chi connectivity index (χ4n) is 2.07. The highest BCUT2D eigenvalue weighted by molar-refractivity contribution is 4.72. The Bertz CT molecular complexity index is 147. The topological polar surface area (TPSA) is 24.5 Å². The summed E-state index contributed by atoms with van der Waals surface area (Å²) in [7, 11) is 4.25. The van der Waals surface area contributed by atoms with Crippen molar-refractivity contribution < 1.29 is 4.74 Å². The van der Waals surface area contributed by atoms with Gasteiger partial charge >= 0.3 is 0 Å². The Morgan fingerprint density at radius 2 is 2.07 bits per heavy atom. The van der Waals surface area contributed by atoms with E-state index >= 15 is 0 Å². The summed E-state index contributed by atoms with van der Waals surface area (Å²) in [6.07, 6.45) is 6.58. The van der Waals surface area contributed by atoms with Gasteiger partial charge in [0.1, 0.15) is 0 Å². The van der Waals surface area contributed by atoms with Gasteiger partial charge in [0.05, 0.1) is 6.61 Å². The Labute approximate surface area is 94.2 Å². The van der Waals surface area contributed by atoms with Gasteiger partial charge in [-0.1, -0.05) is 12.8 Å². The number of rotatable bonds is 8. The van der Waals surface area contributed by atoms with E-state index < -0.39 is 0 Å². The second-order valence-corrected chi connectivity index (χ2v) is 4.52. The van der Waals surface area contributed by atoms with Gasteiger partial charge in [-0.15, -0.1) is 0 Å². The number of nitrogens with one attached hydrogen (secondary N) is 1. The summed E-state index contributed by atoms with van der Waals surface area (Å²) in [4.78, 5) is 2.46. The predicted octanol–water partition coefficient (Wildman–Crippen LogP) is 1.49. The van der Waals surface area contributed by atoms with Gasteiger partial charge in [-0.3, -0.25) is 0 Å². The molecule has 1 saturated heterocycles. The van der Waals surface area contributed by atoms with Crippen LogP contribution in [0.15, 0.2) is 0 Å². The van der Waals surface area contributed by atoms with Crippen LogP contribution in [-0.2, 0) is 4.74 Å². The molecule has 1 aliphatic heterocycles. The second-order valence-electron chi connectivity index (χ2n) is 4.52. The quantitative estimate of drug-likeness (QED) is 0.620. The van der Waals surface area contributed by atoms with E-state index in [1.165, 1.54) is 38.6 Å². The first-order valence-electron chi connectivity index (χ1n) is 6.27. The van der Waals surface area contributed by atoms with E-state index in [2.05, 4.69) is 17.3 Å². The Balaban J connectivity index is 1.90. The molecule has 0 radical (unpaired) electrons. The molecule has 3 nitrogen and oxygen atoms in total. The van der Waals surface area contributed by atoms with Gasteiger partial charge in [0, 0.05) is 12.6 Å². The third kappa shape index (κ3) is 5.50. The summed E-state index contributed by atoms with van der Waals surface area (Å²) < 4.78 is 5.39. The molecule has 1 heterocycles. The van der Waals surface area contributed by atoms with Crippen LogP contribution in [0.5, 0.6) is 0 Å². The first-order valence-corrected chi connectivity index (χ1v) is 6.27. The van der Waals surface area contributed by atoms with Gasteiger partial charge in [-0.2, -0.15) is 0 Å². The van der Waals surface area contributed by atoms with Crippen LogP contribution in [0.1, 0.15) is 32.1 Å². The lowest BCUT2D eigenvalue weighted by molar-refractivity contribution is 0.158. The van der Waals surface area contributed by atoms with Crippen LogP contribution in [0.4, 0.5) is 0 Å². The van der Waals surface area contributed by atoms with E-state index in [4.69, 9.17) is 4.74 Å². The van der Waals surface area contributed by atoms with E-state index in [0.717, 1.165) is 19.8 Å². The molecule has 0 aromatic carbocycles. The molecule has 3 heteroatoms. The summed E-state index contributed by atoms with van der Waals surface area (Å²) in [5.41, 5.74) is 0. The maximum atomic E-state index is 5.39. The highest BCUT2D eigenvalue weighted by Crippen LogP contribution is 2.11. The van der Waals surface area contributed by atoms with Gasteiger partial charge in [0.2, 0.25) is 0 Å². The van der Waals surface area contributed by atoms with Gasteiger partial charge < -0.3 is 15.0 Å². The fraction of sp³-hybridized carbons (Fsp3) is 1.00. The van der Waals surface area contributed by atoms with Crippen molar-refractivity contribution in [1.29, 1.82) is 0 Å². The van der Waals surface area contributed by atoms with Gasteiger partial charge in [-0.05, 0) is 46.4 Å². The number of hydrogen-bond donors (Lipinski definition) is 1. The highest BCUT2D eigenvalue weighted by atomic mass is 16.5. The van der Waals surface area contributed by atoms with Crippen molar-refractivity contribution in [2.24, 2.45) is 0 Å². The number of ether oxygens (including phenoxy) is 1. The van der Waals surface area contributed by atoms with Crippen molar-refractivity contribution in [2.75, 3.05) is 40.4 Å². The van der Waals surface area contributed by atoms with Crippen LogP contribution in [0.25, 0.3) is 0 Å². The Hall–Kier alpha value is -0.120. The van der Waals surface area contributed by atoms with E-state index in [1.807, 2.05) is 7.05 Å². The Morgan fingerprint density at radius 1 is 1.27 bits per heavy atom.